The van der Waals surface area contributed by atoms with Gasteiger partial charge in [0, 0.05) is 31.9 Å². The fraction of sp³-hybridized carbons (Fsp3) is 0.208. The molecule has 0 spiro atoms. The minimum atomic E-state index is -0.982. The van der Waals surface area contributed by atoms with Crippen molar-refractivity contribution in [2.45, 2.75) is 19.4 Å². The minimum absolute atomic E-state index is 0.0102. The molecule has 0 amide bonds. The van der Waals surface area contributed by atoms with Crippen molar-refractivity contribution in [1.29, 1.82) is 0 Å². The molecule has 34 heavy (non-hydrogen) atoms. The Kier molecular flexibility index (Phi) is 5.89. The van der Waals surface area contributed by atoms with E-state index in [9.17, 15) is 24.5 Å². The summed E-state index contributed by atoms with van der Waals surface area (Å²) < 4.78 is 7.78. The molecule has 0 bridgehead atoms. The lowest BCUT2D eigenvalue weighted by atomic mass is 9.82. The zero-order valence-electron chi connectivity index (χ0n) is 18.8. The summed E-state index contributed by atoms with van der Waals surface area (Å²) in [5, 5.41) is 14.4. The van der Waals surface area contributed by atoms with E-state index in [4.69, 9.17) is 4.74 Å². The van der Waals surface area contributed by atoms with Gasteiger partial charge in [-0.05, 0) is 18.1 Å². The quantitative estimate of drug-likeness (QED) is 0.351. The van der Waals surface area contributed by atoms with Crippen molar-refractivity contribution in [3.63, 3.8) is 0 Å². The van der Waals surface area contributed by atoms with Gasteiger partial charge in [-0.1, -0.05) is 42.5 Å². The van der Waals surface area contributed by atoms with Crippen molar-refractivity contribution in [2.75, 3.05) is 5.32 Å². The summed E-state index contributed by atoms with van der Waals surface area (Å²) in [5.74, 6) is -1.43. The van der Waals surface area contributed by atoms with Gasteiger partial charge in [0.2, 0.25) is 0 Å². The Labute approximate surface area is 193 Å². The smallest absolute Gasteiger partial charge is 0.337 e. The number of carbonyl (C=O) groups excluding carboxylic acids is 1. The number of nitro benzene ring substituents is 1. The molecule has 0 fully saturated rings. The molecule has 1 N–H and O–H groups in total. The summed E-state index contributed by atoms with van der Waals surface area (Å²) in [4.78, 5) is 49.9. The van der Waals surface area contributed by atoms with Crippen LogP contribution in [0.25, 0.3) is 0 Å². The molecule has 1 atom stereocenters. The summed E-state index contributed by atoms with van der Waals surface area (Å²) in [6.45, 7) is 1.64. The monoisotopic (exact) mass is 462 g/mol. The van der Waals surface area contributed by atoms with Crippen molar-refractivity contribution in [2.24, 2.45) is 14.1 Å². The molecule has 3 aromatic rings. The Morgan fingerprint density at radius 2 is 1.79 bits per heavy atom. The Balaban J connectivity index is 1.89. The number of nitrogens with zero attached hydrogens (tertiary/aromatic N) is 3. The average Bonchev–Trinajstić information content (AvgIpc) is 2.84. The van der Waals surface area contributed by atoms with Crippen LogP contribution in [0.2, 0.25) is 0 Å². The van der Waals surface area contributed by atoms with E-state index in [0.717, 1.165) is 10.1 Å². The van der Waals surface area contributed by atoms with Gasteiger partial charge < -0.3 is 10.1 Å². The van der Waals surface area contributed by atoms with E-state index in [1.165, 1.54) is 36.9 Å². The number of nitro groups is 1. The van der Waals surface area contributed by atoms with Crippen LogP contribution in [-0.2, 0) is 30.2 Å². The van der Waals surface area contributed by atoms with Crippen LogP contribution in [0.1, 0.15) is 29.5 Å². The number of anilines is 1. The molecule has 2 aromatic carbocycles. The minimum Gasteiger partial charge on any atom is -0.457 e. The van der Waals surface area contributed by atoms with Crippen LogP contribution < -0.4 is 16.6 Å². The Bertz CT molecular complexity index is 1450. The highest BCUT2D eigenvalue weighted by molar-refractivity contribution is 5.94. The van der Waals surface area contributed by atoms with Gasteiger partial charge in [-0.25, -0.2) is 9.59 Å². The fourth-order valence-electron chi connectivity index (χ4n) is 4.11. The number of hydrogen-bond acceptors (Lipinski definition) is 7. The molecule has 10 heteroatoms. The van der Waals surface area contributed by atoms with Crippen LogP contribution >= 0.6 is 0 Å². The molecule has 0 radical (unpaired) electrons. The van der Waals surface area contributed by atoms with E-state index < -0.39 is 28.1 Å². The predicted molar refractivity (Wildman–Crippen MR) is 124 cm³/mol. The van der Waals surface area contributed by atoms with Gasteiger partial charge >= 0.3 is 11.7 Å². The Hall–Kier alpha value is -4.47. The van der Waals surface area contributed by atoms with Gasteiger partial charge in [0.1, 0.15) is 12.4 Å². The Morgan fingerprint density at radius 1 is 1.09 bits per heavy atom. The highest BCUT2D eigenvalue weighted by atomic mass is 16.6. The first-order valence-corrected chi connectivity index (χ1v) is 10.4. The van der Waals surface area contributed by atoms with E-state index in [2.05, 4.69) is 5.32 Å². The molecule has 0 saturated carbocycles. The molecule has 0 aliphatic carbocycles. The Morgan fingerprint density at radius 3 is 2.47 bits per heavy atom. The van der Waals surface area contributed by atoms with Gasteiger partial charge in [-0.3, -0.25) is 24.0 Å². The number of rotatable bonds is 5. The summed E-state index contributed by atoms with van der Waals surface area (Å²) in [6, 6.07) is 14.9. The van der Waals surface area contributed by atoms with Crippen LogP contribution in [-0.4, -0.2) is 20.0 Å². The van der Waals surface area contributed by atoms with Gasteiger partial charge in [-0.2, -0.15) is 0 Å². The topological polar surface area (TPSA) is 125 Å². The molecule has 0 saturated heterocycles. The van der Waals surface area contributed by atoms with Gasteiger partial charge in [-0.15, -0.1) is 0 Å². The van der Waals surface area contributed by atoms with E-state index in [0.29, 0.717) is 11.3 Å². The van der Waals surface area contributed by atoms with Crippen LogP contribution in [0.3, 0.4) is 0 Å². The molecular formula is C24H22N4O6. The molecule has 174 valence electrons. The van der Waals surface area contributed by atoms with Crippen LogP contribution in [0, 0.1) is 10.1 Å². The molecule has 1 unspecified atom stereocenters. The van der Waals surface area contributed by atoms with E-state index in [1.54, 1.807) is 13.0 Å². The zero-order chi connectivity index (χ0) is 24.6. The highest BCUT2D eigenvalue weighted by Gasteiger charge is 2.38. The lowest BCUT2D eigenvalue weighted by Crippen LogP contribution is -2.43. The second kappa shape index (κ2) is 8.81. The zero-order valence-corrected chi connectivity index (χ0v) is 18.8. The third kappa shape index (κ3) is 3.90. The molecule has 2 heterocycles. The molecular weight excluding hydrogens is 440 g/mol. The summed E-state index contributed by atoms with van der Waals surface area (Å²) in [7, 11) is 2.85. The number of carbonyl (C=O) groups is 1. The molecule has 1 aliphatic rings. The third-order valence-electron chi connectivity index (χ3n) is 5.83. The van der Waals surface area contributed by atoms with Crippen molar-refractivity contribution in [1.82, 2.24) is 9.13 Å². The lowest BCUT2D eigenvalue weighted by Gasteiger charge is -2.30. The maximum Gasteiger partial charge on any atom is 0.337 e. The number of nitrogens with one attached hydrogen (secondary N) is 1. The van der Waals surface area contributed by atoms with Crippen molar-refractivity contribution in [3.05, 3.63) is 114 Å². The number of fused-ring (bicyclic) bond motifs is 1. The molecule has 1 aliphatic heterocycles. The number of aromatic nitrogens is 2. The van der Waals surface area contributed by atoms with Crippen LogP contribution in [0.5, 0.6) is 0 Å². The second-order valence-corrected chi connectivity index (χ2v) is 7.98. The summed E-state index contributed by atoms with van der Waals surface area (Å²) in [6.07, 6.45) is 0. The van der Waals surface area contributed by atoms with E-state index in [1.807, 2.05) is 30.3 Å². The van der Waals surface area contributed by atoms with Crippen molar-refractivity contribution in [3.8, 4) is 0 Å². The first kappa shape index (κ1) is 22.7. The van der Waals surface area contributed by atoms with Gasteiger partial charge in [0.15, 0.2) is 0 Å². The largest absolute Gasteiger partial charge is 0.457 e. The van der Waals surface area contributed by atoms with E-state index in [-0.39, 0.29) is 29.2 Å². The fourth-order valence-corrected chi connectivity index (χ4v) is 4.11. The van der Waals surface area contributed by atoms with Crippen molar-refractivity contribution < 1.29 is 14.5 Å². The average molecular weight is 462 g/mol. The molecule has 4 rings (SSSR count). The number of non-ortho nitro benzene ring substituents is 1. The SMILES string of the molecule is CC1=C(C(=O)OCc2ccccc2)C(c2cccc([N+](=O)[O-])c2)c2c(n(C)c(=O)n(C)c2=O)N1. The molecule has 10 nitrogen and oxygen atoms in total. The highest BCUT2D eigenvalue weighted by Crippen LogP contribution is 2.40. The number of esters is 1. The first-order chi connectivity index (χ1) is 16.2. The van der Waals surface area contributed by atoms with Gasteiger partial charge in [0.05, 0.1) is 22.0 Å². The number of benzene rings is 2. The maximum atomic E-state index is 13.3. The summed E-state index contributed by atoms with van der Waals surface area (Å²) in [5.41, 5.74) is 0.448. The van der Waals surface area contributed by atoms with E-state index >= 15 is 0 Å². The number of allylic oxidation sites excluding steroid dienone is 1. The predicted octanol–water partition coefficient (Wildman–Crippen LogP) is 2.57. The molecule has 1 aromatic heterocycles. The number of ether oxygens (including phenoxy) is 1. The van der Waals surface area contributed by atoms with Crippen LogP contribution in [0.4, 0.5) is 11.5 Å². The van der Waals surface area contributed by atoms with Gasteiger partial charge in [0.25, 0.3) is 11.2 Å². The first-order valence-electron chi connectivity index (χ1n) is 10.4. The maximum absolute atomic E-state index is 13.3. The van der Waals surface area contributed by atoms with Crippen LogP contribution in [0.15, 0.2) is 75.5 Å². The second-order valence-electron chi connectivity index (χ2n) is 7.98. The standard InChI is InChI=1S/C24H22N4O6/c1-14-18(23(30)34-13-15-8-5-4-6-9-15)19(16-10-7-11-17(12-16)28(32)33)20-21(25-14)26(2)24(31)27(3)22(20)29/h4-12,19,25H,13H2,1-3H3. The lowest BCUT2D eigenvalue weighted by molar-refractivity contribution is -0.384. The summed E-state index contributed by atoms with van der Waals surface area (Å²) >= 11 is 0. The number of hydrogen-bond donors (Lipinski definition) is 1. The van der Waals surface area contributed by atoms with Crippen molar-refractivity contribution >= 4 is 17.5 Å². The third-order valence-corrected chi connectivity index (χ3v) is 5.83. The normalized spacial score (nSPS) is 14.9.